The SMILES string of the molecule is Cc1ccc(S(=O)(=O)CCc2noc([C@H]3CCCO3)n2)cc1. The van der Waals surface area contributed by atoms with Crippen LogP contribution in [0.15, 0.2) is 33.7 Å². The minimum absolute atomic E-state index is 0.0411. The van der Waals surface area contributed by atoms with Gasteiger partial charge < -0.3 is 9.26 Å². The number of sulfone groups is 1. The van der Waals surface area contributed by atoms with Gasteiger partial charge in [0.15, 0.2) is 15.7 Å². The Labute approximate surface area is 129 Å². The zero-order valence-corrected chi connectivity index (χ0v) is 13.2. The minimum Gasteiger partial charge on any atom is -0.368 e. The van der Waals surface area contributed by atoms with Gasteiger partial charge >= 0.3 is 0 Å². The van der Waals surface area contributed by atoms with Crippen LogP contribution in [0.3, 0.4) is 0 Å². The van der Waals surface area contributed by atoms with Crippen LogP contribution in [0.5, 0.6) is 0 Å². The molecule has 0 amide bonds. The molecule has 7 heteroatoms. The summed E-state index contributed by atoms with van der Waals surface area (Å²) in [5, 5.41) is 3.84. The first kappa shape index (κ1) is 15.2. The molecule has 2 heterocycles. The summed E-state index contributed by atoms with van der Waals surface area (Å²) >= 11 is 0. The Kier molecular flexibility index (Phi) is 4.26. The van der Waals surface area contributed by atoms with Crippen molar-refractivity contribution in [3.05, 3.63) is 41.5 Å². The lowest BCUT2D eigenvalue weighted by atomic mass is 10.2. The molecule has 1 fully saturated rings. The average molecular weight is 322 g/mol. The van der Waals surface area contributed by atoms with E-state index < -0.39 is 9.84 Å². The molecule has 1 atom stereocenters. The van der Waals surface area contributed by atoms with Gasteiger partial charge in [0.2, 0.25) is 0 Å². The van der Waals surface area contributed by atoms with Crippen LogP contribution in [0.2, 0.25) is 0 Å². The molecule has 1 aromatic carbocycles. The third kappa shape index (κ3) is 3.36. The zero-order valence-electron chi connectivity index (χ0n) is 12.4. The molecular formula is C15H18N2O4S. The van der Waals surface area contributed by atoms with Gasteiger partial charge in [-0.1, -0.05) is 22.9 Å². The maximum absolute atomic E-state index is 12.3. The Morgan fingerprint density at radius 3 is 2.73 bits per heavy atom. The predicted molar refractivity (Wildman–Crippen MR) is 79.2 cm³/mol. The number of hydrogen-bond acceptors (Lipinski definition) is 6. The smallest absolute Gasteiger partial charge is 0.255 e. The highest BCUT2D eigenvalue weighted by Crippen LogP contribution is 2.27. The van der Waals surface area contributed by atoms with E-state index in [2.05, 4.69) is 10.1 Å². The lowest BCUT2D eigenvalue weighted by Gasteiger charge is -2.03. The van der Waals surface area contributed by atoms with Gasteiger partial charge in [-0.25, -0.2) is 8.42 Å². The molecule has 0 unspecified atom stereocenters. The lowest BCUT2D eigenvalue weighted by molar-refractivity contribution is 0.0835. The van der Waals surface area contributed by atoms with E-state index in [9.17, 15) is 8.42 Å². The van der Waals surface area contributed by atoms with E-state index in [-0.39, 0.29) is 18.3 Å². The van der Waals surface area contributed by atoms with E-state index in [1.54, 1.807) is 24.3 Å². The molecule has 1 saturated heterocycles. The van der Waals surface area contributed by atoms with E-state index in [0.717, 1.165) is 18.4 Å². The molecule has 0 aliphatic carbocycles. The lowest BCUT2D eigenvalue weighted by Crippen LogP contribution is -2.10. The van der Waals surface area contributed by atoms with Crippen LogP contribution < -0.4 is 0 Å². The largest absolute Gasteiger partial charge is 0.368 e. The maximum Gasteiger partial charge on any atom is 0.255 e. The fourth-order valence-corrected chi connectivity index (χ4v) is 3.60. The van der Waals surface area contributed by atoms with Crippen molar-refractivity contribution in [3.63, 3.8) is 0 Å². The fraction of sp³-hybridized carbons (Fsp3) is 0.467. The van der Waals surface area contributed by atoms with Gasteiger partial charge in [-0.05, 0) is 31.9 Å². The highest BCUT2D eigenvalue weighted by atomic mass is 32.2. The Bertz CT molecular complexity index is 731. The molecule has 1 aromatic heterocycles. The van der Waals surface area contributed by atoms with Crippen LogP contribution >= 0.6 is 0 Å². The molecule has 118 valence electrons. The number of aromatic nitrogens is 2. The zero-order chi connectivity index (χ0) is 15.6. The van der Waals surface area contributed by atoms with Crippen molar-refractivity contribution in [1.29, 1.82) is 0 Å². The maximum atomic E-state index is 12.3. The molecule has 0 saturated carbocycles. The van der Waals surface area contributed by atoms with Crippen LogP contribution in [-0.4, -0.2) is 30.9 Å². The van der Waals surface area contributed by atoms with Gasteiger partial charge in [-0.15, -0.1) is 0 Å². The van der Waals surface area contributed by atoms with Crippen LogP contribution in [0, 0.1) is 6.92 Å². The molecule has 3 rings (SSSR count). The Hall–Kier alpha value is -1.73. The quantitative estimate of drug-likeness (QED) is 0.839. The van der Waals surface area contributed by atoms with Gasteiger partial charge in [0.25, 0.3) is 5.89 Å². The number of benzene rings is 1. The van der Waals surface area contributed by atoms with Crippen molar-refractivity contribution in [1.82, 2.24) is 10.1 Å². The molecule has 0 N–H and O–H groups in total. The summed E-state index contributed by atoms with van der Waals surface area (Å²) < 4.78 is 35.2. The van der Waals surface area contributed by atoms with Crippen molar-refractivity contribution < 1.29 is 17.7 Å². The summed E-state index contributed by atoms with van der Waals surface area (Å²) in [5.41, 5.74) is 1.03. The number of ether oxygens (including phenoxy) is 1. The molecule has 1 aliphatic heterocycles. The third-order valence-electron chi connectivity index (χ3n) is 3.66. The first-order valence-corrected chi connectivity index (χ1v) is 8.93. The van der Waals surface area contributed by atoms with Gasteiger partial charge in [0, 0.05) is 13.0 Å². The van der Waals surface area contributed by atoms with Crippen LogP contribution in [0.4, 0.5) is 0 Å². The normalized spacial score (nSPS) is 18.7. The van der Waals surface area contributed by atoms with Crippen LogP contribution in [0.25, 0.3) is 0 Å². The molecule has 0 spiro atoms. The van der Waals surface area contributed by atoms with Gasteiger partial charge in [-0.2, -0.15) is 4.98 Å². The Balaban J connectivity index is 1.65. The molecule has 2 aromatic rings. The summed E-state index contributed by atoms with van der Waals surface area (Å²) in [6.07, 6.45) is 1.93. The van der Waals surface area contributed by atoms with E-state index in [1.165, 1.54) is 0 Å². The summed E-state index contributed by atoms with van der Waals surface area (Å²) in [4.78, 5) is 4.56. The van der Waals surface area contributed by atoms with E-state index >= 15 is 0 Å². The summed E-state index contributed by atoms with van der Waals surface area (Å²) in [6, 6.07) is 6.82. The van der Waals surface area contributed by atoms with Gasteiger partial charge in [0.1, 0.15) is 6.10 Å². The van der Waals surface area contributed by atoms with Crippen molar-refractivity contribution in [2.75, 3.05) is 12.4 Å². The molecular weight excluding hydrogens is 304 g/mol. The first-order valence-electron chi connectivity index (χ1n) is 7.28. The minimum atomic E-state index is -3.34. The molecule has 0 radical (unpaired) electrons. The number of aryl methyl sites for hydroxylation is 2. The molecule has 0 bridgehead atoms. The van der Waals surface area contributed by atoms with Crippen molar-refractivity contribution in [2.45, 2.75) is 37.2 Å². The van der Waals surface area contributed by atoms with Gasteiger partial charge in [0.05, 0.1) is 10.6 Å². The molecule has 22 heavy (non-hydrogen) atoms. The highest BCUT2D eigenvalue weighted by molar-refractivity contribution is 7.91. The monoisotopic (exact) mass is 322 g/mol. The summed E-state index contributed by atoms with van der Waals surface area (Å²) in [7, 11) is -3.34. The van der Waals surface area contributed by atoms with E-state index in [4.69, 9.17) is 9.26 Å². The highest BCUT2D eigenvalue weighted by Gasteiger charge is 2.24. The predicted octanol–water partition coefficient (Wildman–Crippen LogP) is 2.25. The summed E-state index contributed by atoms with van der Waals surface area (Å²) in [5.74, 6) is 0.807. The molecule has 6 nitrogen and oxygen atoms in total. The topological polar surface area (TPSA) is 82.3 Å². The van der Waals surface area contributed by atoms with Gasteiger partial charge in [-0.3, -0.25) is 0 Å². The molecule has 1 aliphatic rings. The summed E-state index contributed by atoms with van der Waals surface area (Å²) in [6.45, 7) is 2.62. The number of nitrogens with zero attached hydrogens (tertiary/aromatic N) is 2. The standard InChI is InChI=1S/C15H18N2O4S/c1-11-4-6-12(7-5-11)22(18,19)10-8-14-16-15(21-17-14)13-3-2-9-20-13/h4-7,13H,2-3,8-10H2,1H3/t13-/m1/s1. The van der Waals surface area contributed by atoms with Crippen LogP contribution in [0.1, 0.15) is 36.2 Å². The third-order valence-corrected chi connectivity index (χ3v) is 5.40. The second-order valence-corrected chi connectivity index (χ2v) is 7.54. The van der Waals surface area contributed by atoms with Crippen molar-refractivity contribution >= 4 is 9.84 Å². The second-order valence-electron chi connectivity index (χ2n) is 5.43. The Morgan fingerprint density at radius 2 is 2.05 bits per heavy atom. The van der Waals surface area contributed by atoms with Crippen molar-refractivity contribution in [2.24, 2.45) is 0 Å². The van der Waals surface area contributed by atoms with Crippen LogP contribution in [-0.2, 0) is 21.0 Å². The fourth-order valence-electron chi connectivity index (χ4n) is 2.36. The van der Waals surface area contributed by atoms with Crippen molar-refractivity contribution in [3.8, 4) is 0 Å². The van der Waals surface area contributed by atoms with E-state index in [0.29, 0.717) is 23.2 Å². The Morgan fingerprint density at radius 1 is 1.27 bits per heavy atom. The average Bonchev–Trinajstić information content (AvgIpc) is 3.17. The van der Waals surface area contributed by atoms with E-state index in [1.807, 2.05) is 6.92 Å². The number of hydrogen-bond donors (Lipinski definition) is 0. The second kappa shape index (κ2) is 6.18. The first-order chi connectivity index (χ1) is 10.5. The number of rotatable bonds is 5.